The highest BCUT2D eigenvalue weighted by atomic mass is 127. The van der Waals surface area contributed by atoms with Gasteiger partial charge in [-0.1, -0.05) is 29.8 Å². The van der Waals surface area contributed by atoms with E-state index in [1.807, 2.05) is 28.7 Å². The molecule has 3 fully saturated rings. The van der Waals surface area contributed by atoms with Crippen LogP contribution in [0.1, 0.15) is 24.3 Å². The van der Waals surface area contributed by atoms with Gasteiger partial charge < -0.3 is 9.84 Å². The summed E-state index contributed by atoms with van der Waals surface area (Å²) in [6.45, 7) is 0. The molecule has 0 radical (unpaired) electrons. The molecule has 7 rings (SSSR count). The summed E-state index contributed by atoms with van der Waals surface area (Å²) in [7, 11) is 1.38. The van der Waals surface area contributed by atoms with Crippen LogP contribution in [-0.4, -0.2) is 45.6 Å². The van der Waals surface area contributed by atoms with Gasteiger partial charge in [0.05, 0.1) is 33.9 Å². The molecule has 3 aromatic carbocycles. The topological polar surface area (TPSA) is 104 Å². The van der Waals surface area contributed by atoms with E-state index in [2.05, 4.69) is 0 Å². The third-order valence-corrected chi connectivity index (χ3v) is 11.7. The minimum absolute atomic E-state index is 0.0923. The van der Waals surface area contributed by atoms with Gasteiger partial charge in [-0.2, -0.15) is 0 Å². The molecule has 2 saturated heterocycles. The van der Waals surface area contributed by atoms with Gasteiger partial charge >= 0.3 is 0 Å². The van der Waals surface area contributed by atoms with Crippen molar-refractivity contribution < 1.29 is 33.4 Å². The van der Waals surface area contributed by atoms with Gasteiger partial charge in [0.1, 0.15) is 5.82 Å². The molecule has 0 unspecified atom stereocenters. The van der Waals surface area contributed by atoms with Gasteiger partial charge in [0.2, 0.25) is 11.8 Å². The Kier molecular flexibility index (Phi) is 7.06. The van der Waals surface area contributed by atoms with Crippen LogP contribution in [0, 0.1) is 27.1 Å². The molecule has 0 bridgehead atoms. The maximum atomic E-state index is 14.5. The van der Waals surface area contributed by atoms with E-state index in [1.165, 1.54) is 30.2 Å². The lowest BCUT2D eigenvalue weighted by molar-refractivity contribution is -0.125. The molecule has 4 aliphatic rings. The van der Waals surface area contributed by atoms with Crippen LogP contribution >= 0.6 is 45.8 Å². The Balaban J connectivity index is 1.43. The molecule has 1 N–H and O–H groups in total. The van der Waals surface area contributed by atoms with Crippen molar-refractivity contribution in [3.05, 3.63) is 93.3 Å². The molecule has 6 atom stereocenters. The van der Waals surface area contributed by atoms with E-state index in [0.29, 0.717) is 20.4 Å². The minimum atomic E-state index is -2.09. The lowest BCUT2D eigenvalue weighted by Gasteiger charge is -2.50. The molecule has 12 heteroatoms. The number of hydrogen-bond donors (Lipinski definition) is 1. The van der Waals surface area contributed by atoms with E-state index in [1.54, 1.807) is 36.4 Å². The van der Waals surface area contributed by atoms with Crippen LogP contribution < -0.4 is 14.5 Å². The second kappa shape index (κ2) is 10.5. The lowest BCUT2D eigenvalue weighted by Crippen LogP contribution is -2.60. The molecular formula is C33H24Cl2FIN2O6. The second-order valence-electron chi connectivity index (χ2n) is 11.7. The summed E-state index contributed by atoms with van der Waals surface area (Å²) < 4.78 is 19.7. The predicted octanol–water partition coefficient (Wildman–Crippen LogP) is 5.91. The number of carbonyl (C=O) groups is 4. The van der Waals surface area contributed by atoms with Crippen molar-refractivity contribution >= 4 is 80.8 Å². The maximum absolute atomic E-state index is 14.5. The molecule has 2 aliphatic heterocycles. The zero-order chi connectivity index (χ0) is 32.0. The molecule has 0 spiro atoms. The fraction of sp³-hybridized carbons (Fsp3) is 0.273. The number of phenols is 1. The Bertz CT molecular complexity index is 1840. The summed E-state index contributed by atoms with van der Waals surface area (Å²) in [4.78, 5) is 54.5. The number of amides is 4. The minimum Gasteiger partial charge on any atom is -0.504 e. The number of imide groups is 2. The average molecular weight is 761 g/mol. The van der Waals surface area contributed by atoms with Crippen LogP contribution in [0.25, 0.3) is 0 Å². The maximum Gasteiger partial charge on any atom is 0.258 e. The van der Waals surface area contributed by atoms with Gasteiger partial charge in [-0.05, 0) is 95.4 Å². The third-order valence-electron chi connectivity index (χ3n) is 9.51. The first-order valence-corrected chi connectivity index (χ1v) is 16.0. The molecular weight excluding hydrogens is 737 g/mol. The average Bonchev–Trinajstić information content (AvgIpc) is 3.37. The van der Waals surface area contributed by atoms with E-state index < -0.39 is 57.0 Å². The summed E-state index contributed by atoms with van der Waals surface area (Å²) in [5, 5.41) is 10.6. The number of nitrogens with zero attached hydrogens (tertiary/aromatic N) is 2. The molecule has 4 amide bonds. The number of carbonyl (C=O) groups excluding carboxylic acids is 4. The summed E-state index contributed by atoms with van der Waals surface area (Å²) in [5.41, 5.74) is 1.57. The smallest absolute Gasteiger partial charge is 0.258 e. The number of allylic oxidation sites excluding steroid dienone is 2. The Morgan fingerprint density at radius 1 is 0.911 bits per heavy atom. The molecule has 0 aromatic heterocycles. The molecule has 1 saturated carbocycles. The van der Waals surface area contributed by atoms with Crippen LogP contribution in [0.3, 0.4) is 0 Å². The number of fused-ring (bicyclic) bond motifs is 4. The SMILES string of the molecule is COc1cc([C@H]2C3=CC[C@@H]4C(=O)N(c5ccccc5)C(=O)[C@@H]4[C@@H]3C[C@@]3(Cl)C(=O)N(c4ccc(F)cc4)C(=O)[C@@]23Cl)cc(I)c1O. The predicted molar refractivity (Wildman–Crippen MR) is 173 cm³/mol. The molecule has 8 nitrogen and oxygen atoms in total. The number of hydrogen-bond acceptors (Lipinski definition) is 6. The fourth-order valence-corrected chi connectivity index (χ4v) is 9.08. The van der Waals surface area contributed by atoms with E-state index in [9.17, 15) is 28.7 Å². The lowest BCUT2D eigenvalue weighted by atomic mass is 9.56. The van der Waals surface area contributed by atoms with Crippen molar-refractivity contribution in [1.82, 2.24) is 0 Å². The number of para-hydroxylation sites is 1. The van der Waals surface area contributed by atoms with Gasteiger partial charge in [0.25, 0.3) is 11.8 Å². The Morgan fingerprint density at radius 3 is 2.24 bits per heavy atom. The Hall–Kier alpha value is -3.48. The number of benzene rings is 3. The van der Waals surface area contributed by atoms with Crippen LogP contribution in [-0.2, 0) is 19.2 Å². The highest BCUT2D eigenvalue weighted by molar-refractivity contribution is 14.1. The first-order chi connectivity index (χ1) is 21.4. The number of rotatable bonds is 4. The number of methoxy groups -OCH3 is 1. The summed E-state index contributed by atoms with van der Waals surface area (Å²) in [6.07, 6.45) is 1.85. The first kappa shape index (κ1) is 30.2. The van der Waals surface area contributed by atoms with Crippen LogP contribution in [0.2, 0.25) is 0 Å². The van der Waals surface area contributed by atoms with Gasteiger partial charge in [0.15, 0.2) is 21.2 Å². The largest absolute Gasteiger partial charge is 0.504 e. The zero-order valence-electron chi connectivity index (χ0n) is 23.5. The second-order valence-corrected chi connectivity index (χ2v) is 14.1. The molecule has 45 heavy (non-hydrogen) atoms. The summed E-state index contributed by atoms with van der Waals surface area (Å²) >= 11 is 16.7. The van der Waals surface area contributed by atoms with E-state index in [0.717, 1.165) is 17.0 Å². The van der Waals surface area contributed by atoms with Crippen molar-refractivity contribution in [3.8, 4) is 11.5 Å². The standard InChI is InChI=1S/C33H24Cl2FIN2O6/c1-45-24-14-16(13-23(37)27(24)40)26-20-11-12-21-25(29(42)38(28(21)41)18-5-3-2-4-6-18)22(20)15-32(34)30(43)39(31(44)33(26,32)35)19-9-7-17(36)8-10-19/h2-11,13-14,21-22,25-26,40H,12,15H2,1H3/t21-,22+,25-,26-,32+,33-/m0/s1. The number of aromatic hydroxyl groups is 1. The van der Waals surface area contributed by atoms with Crippen LogP contribution in [0.4, 0.5) is 15.8 Å². The Labute approximate surface area is 280 Å². The highest BCUT2D eigenvalue weighted by Gasteiger charge is 2.76. The fourth-order valence-electron chi connectivity index (χ4n) is 7.52. The summed E-state index contributed by atoms with van der Waals surface area (Å²) in [6, 6.07) is 16.6. The van der Waals surface area contributed by atoms with Crippen molar-refractivity contribution in [1.29, 1.82) is 0 Å². The quantitative estimate of drug-likeness (QED) is 0.154. The zero-order valence-corrected chi connectivity index (χ0v) is 27.2. The van der Waals surface area contributed by atoms with Crippen molar-refractivity contribution in [2.75, 3.05) is 16.9 Å². The van der Waals surface area contributed by atoms with Gasteiger partial charge in [-0.25, -0.2) is 9.29 Å². The van der Waals surface area contributed by atoms with E-state index >= 15 is 0 Å². The van der Waals surface area contributed by atoms with Crippen LogP contribution in [0.15, 0.2) is 78.4 Å². The van der Waals surface area contributed by atoms with Gasteiger partial charge in [-0.3, -0.25) is 24.1 Å². The van der Waals surface area contributed by atoms with E-state index in [4.69, 9.17) is 27.9 Å². The monoisotopic (exact) mass is 760 g/mol. The third kappa shape index (κ3) is 4.07. The number of halogens is 4. The Morgan fingerprint density at radius 2 is 1.58 bits per heavy atom. The number of alkyl halides is 2. The summed E-state index contributed by atoms with van der Waals surface area (Å²) in [5.74, 6) is -6.30. The molecule has 230 valence electrons. The number of anilines is 2. The molecule has 3 aromatic rings. The normalized spacial score (nSPS) is 30.6. The van der Waals surface area contributed by atoms with Crippen LogP contribution in [0.5, 0.6) is 11.5 Å². The number of ether oxygens (including phenoxy) is 1. The van der Waals surface area contributed by atoms with Gasteiger partial charge in [0, 0.05) is 5.92 Å². The molecule has 2 heterocycles. The van der Waals surface area contributed by atoms with Crippen molar-refractivity contribution in [2.24, 2.45) is 17.8 Å². The highest BCUT2D eigenvalue weighted by Crippen LogP contribution is 2.66. The van der Waals surface area contributed by atoms with Gasteiger partial charge in [-0.15, -0.1) is 23.2 Å². The first-order valence-electron chi connectivity index (χ1n) is 14.2. The van der Waals surface area contributed by atoms with E-state index in [-0.39, 0.29) is 35.9 Å². The van der Waals surface area contributed by atoms with Crippen molar-refractivity contribution in [3.63, 3.8) is 0 Å². The number of phenolic OH excluding ortho intramolecular Hbond substituents is 1. The molecule has 2 aliphatic carbocycles. The van der Waals surface area contributed by atoms with Crippen molar-refractivity contribution in [2.45, 2.75) is 28.5 Å².